The predicted octanol–water partition coefficient (Wildman–Crippen LogP) is 3.36. The summed E-state index contributed by atoms with van der Waals surface area (Å²) in [6, 6.07) is 6.60. The topological polar surface area (TPSA) is 51.8 Å². The van der Waals surface area contributed by atoms with Crippen molar-refractivity contribution in [2.45, 2.75) is 47.0 Å². The average molecular weight is 283 g/mol. The Bertz CT molecular complexity index is 604. The number of hydrogen-bond acceptors (Lipinski definition) is 3. The predicted molar refractivity (Wildman–Crippen MR) is 87.7 cm³/mol. The van der Waals surface area contributed by atoms with Gasteiger partial charge in [0.2, 0.25) is 0 Å². The lowest BCUT2D eigenvalue weighted by molar-refractivity contribution is 0.733. The second-order valence-corrected chi connectivity index (χ2v) is 6.03. The van der Waals surface area contributed by atoms with E-state index in [1.807, 2.05) is 0 Å². The van der Waals surface area contributed by atoms with E-state index in [1.165, 1.54) is 22.3 Å². The van der Waals surface area contributed by atoms with E-state index in [2.05, 4.69) is 52.8 Å². The highest BCUT2D eigenvalue weighted by Crippen LogP contribution is 2.21. The quantitative estimate of drug-likeness (QED) is 0.936. The van der Waals surface area contributed by atoms with Crippen molar-refractivity contribution in [1.82, 2.24) is 9.97 Å². The normalized spacial score (nSPS) is 12.5. The molecule has 112 valence electrons. The molecule has 0 aliphatic rings. The van der Waals surface area contributed by atoms with Crippen molar-refractivity contribution in [2.75, 3.05) is 6.54 Å². The largest absolute Gasteiger partial charge is 0.330 e. The van der Waals surface area contributed by atoms with Gasteiger partial charge < -0.3 is 5.73 Å². The molecule has 0 radical (unpaired) electrons. The van der Waals surface area contributed by atoms with Gasteiger partial charge in [-0.1, -0.05) is 36.2 Å². The summed E-state index contributed by atoms with van der Waals surface area (Å²) in [5, 5.41) is 0. The monoisotopic (exact) mass is 283 g/mol. The molecule has 0 amide bonds. The van der Waals surface area contributed by atoms with Crippen LogP contribution < -0.4 is 5.73 Å². The number of aromatic nitrogens is 2. The fourth-order valence-electron chi connectivity index (χ4n) is 3.06. The van der Waals surface area contributed by atoms with E-state index in [1.54, 1.807) is 0 Å². The van der Waals surface area contributed by atoms with E-state index in [0.29, 0.717) is 12.5 Å². The highest BCUT2D eigenvalue weighted by atomic mass is 14.9. The van der Waals surface area contributed by atoms with Crippen molar-refractivity contribution in [3.05, 3.63) is 57.7 Å². The molecule has 2 aromatic rings. The lowest BCUT2D eigenvalue weighted by Gasteiger charge is -2.16. The van der Waals surface area contributed by atoms with Crippen LogP contribution in [0.1, 0.15) is 52.3 Å². The van der Waals surface area contributed by atoms with Crippen LogP contribution in [0.4, 0.5) is 0 Å². The lowest BCUT2D eigenvalue weighted by atomic mass is 9.98. The zero-order valence-electron chi connectivity index (χ0n) is 13.7. The first-order valence-electron chi connectivity index (χ1n) is 7.52. The Morgan fingerprint density at radius 1 is 0.952 bits per heavy atom. The zero-order chi connectivity index (χ0) is 15.6. The second-order valence-electron chi connectivity index (χ2n) is 6.03. The van der Waals surface area contributed by atoms with Crippen molar-refractivity contribution in [3.63, 3.8) is 0 Å². The highest BCUT2D eigenvalue weighted by molar-refractivity contribution is 5.32. The molecule has 0 aliphatic carbocycles. The fourth-order valence-corrected chi connectivity index (χ4v) is 3.06. The van der Waals surface area contributed by atoms with Crippen LogP contribution in [0.5, 0.6) is 0 Å². The molecule has 3 nitrogen and oxygen atoms in total. The Kier molecular flexibility index (Phi) is 4.73. The molecule has 3 heteroatoms. The van der Waals surface area contributed by atoms with Gasteiger partial charge in [0.15, 0.2) is 0 Å². The summed E-state index contributed by atoms with van der Waals surface area (Å²) in [5.41, 5.74) is 12.9. The highest BCUT2D eigenvalue weighted by Gasteiger charge is 2.14. The summed E-state index contributed by atoms with van der Waals surface area (Å²) in [6.45, 7) is 11.1. The molecule has 1 aromatic heterocycles. The van der Waals surface area contributed by atoms with Crippen molar-refractivity contribution in [2.24, 2.45) is 5.73 Å². The molecule has 2 rings (SSSR count). The molecule has 2 N–H and O–H groups in total. The molecule has 21 heavy (non-hydrogen) atoms. The minimum atomic E-state index is 0.306. The van der Waals surface area contributed by atoms with Crippen LogP contribution in [0.2, 0.25) is 0 Å². The molecule has 0 bridgehead atoms. The summed E-state index contributed by atoms with van der Waals surface area (Å²) in [7, 11) is 0. The second kappa shape index (κ2) is 6.35. The maximum atomic E-state index is 5.78. The molecule has 0 spiro atoms. The van der Waals surface area contributed by atoms with Crippen molar-refractivity contribution in [1.29, 1.82) is 0 Å². The first-order valence-corrected chi connectivity index (χ1v) is 7.52. The third-order valence-electron chi connectivity index (χ3n) is 3.86. The third kappa shape index (κ3) is 3.67. The van der Waals surface area contributed by atoms with E-state index in [0.717, 1.165) is 23.6 Å². The van der Waals surface area contributed by atoms with Crippen LogP contribution in [0, 0.1) is 27.7 Å². The number of nitrogens with two attached hydrogens (primary N) is 1. The zero-order valence-corrected chi connectivity index (χ0v) is 13.7. The number of rotatable bonds is 4. The van der Waals surface area contributed by atoms with Crippen LogP contribution in [-0.4, -0.2) is 16.5 Å². The van der Waals surface area contributed by atoms with Gasteiger partial charge in [0.1, 0.15) is 5.82 Å². The summed E-state index contributed by atoms with van der Waals surface area (Å²) in [5.74, 6) is 1.20. The first kappa shape index (κ1) is 15.6. The third-order valence-corrected chi connectivity index (χ3v) is 3.86. The summed E-state index contributed by atoms with van der Waals surface area (Å²) in [6.07, 6.45) is 0.779. The van der Waals surface area contributed by atoms with Crippen molar-refractivity contribution < 1.29 is 0 Å². The first-order chi connectivity index (χ1) is 9.90. The molecular weight excluding hydrogens is 258 g/mol. The van der Waals surface area contributed by atoms with Gasteiger partial charge in [0.25, 0.3) is 0 Å². The summed E-state index contributed by atoms with van der Waals surface area (Å²) >= 11 is 0. The van der Waals surface area contributed by atoms with Gasteiger partial charge in [0, 0.05) is 17.8 Å². The molecular formula is C18H25N3. The van der Waals surface area contributed by atoms with E-state index >= 15 is 0 Å². The van der Waals surface area contributed by atoms with Crippen LogP contribution >= 0.6 is 0 Å². The van der Waals surface area contributed by atoms with Crippen molar-refractivity contribution in [3.8, 4) is 0 Å². The van der Waals surface area contributed by atoms with Gasteiger partial charge in [0.05, 0.1) is 0 Å². The smallest absolute Gasteiger partial charge is 0.133 e. The van der Waals surface area contributed by atoms with Crippen LogP contribution in [0.25, 0.3) is 0 Å². The summed E-state index contributed by atoms with van der Waals surface area (Å²) in [4.78, 5) is 9.38. The fraction of sp³-hybridized carbons (Fsp3) is 0.444. The van der Waals surface area contributed by atoms with Crippen molar-refractivity contribution >= 4 is 0 Å². The minimum Gasteiger partial charge on any atom is -0.330 e. The van der Waals surface area contributed by atoms with Gasteiger partial charge >= 0.3 is 0 Å². The van der Waals surface area contributed by atoms with Crippen LogP contribution in [-0.2, 0) is 6.42 Å². The van der Waals surface area contributed by atoms with Gasteiger partial charge in [-0.05, 0) is 51.3 Å². The Balaban J connectivity index is 2.33. The van der Waals surface area contributed by atoms with E-state index in [9.17, 15) is 0 Å². The number of nitrogens with zero attached hydrogens (tertiary/aromatic N) is 2. The van der Waals surface area contributed by atoms with E-state index in [4.69, 9.17) is 15.7 Å². The van der Waals surface area contributed by atoms with E-state index < -0.39 is 0 Å². The van der Waals surface area contributed by atoms with Crippen LogP contribution in [0.15, 0.2) is 18.2 Å². The molecule has 1 unspecified atom stereocenters. The van der Waals surface area contributed by atoms with E-state index in [-0.39, 0.29) is 0 Å². The average Bonchev–Trinajstić information content (AvgIpc) is 2.36. The maximum Gasteiger partial charge on any atom is 0.133 e. The van der Waals surface area contributed by atoms with Gasteiger partial charge in [-0.3, -0.25) is 0 Å². The standard InChI is InChI=1S/C18H25N3/c1-11-6-12(2)8-16(7-11)9-17-20-14(4)18(13(3)10-19)15(5)21-17/h6-8,13H,9-10,19H2,1-5H3. The SMILES string of the molecule is Cc1cc(C)cc(Cc2nc(C)c(C(C)CN)c(C)n2)c1. The Hall–Kier alpha value is -1.74. The Labute approximate surface area is 127 Å². The minimum absolute atomic E-state index is 0.306. The summed E-state index contributed by atoms with van der Waals surface area (Å²) < 4.78 is 0. The molecule has 0 aliphatic heterocycles. The Morgan fingerprint density at radius 3 is 1.95 bits per heavy atom. The van der Waals surface area contributed by atoms with Gasteiger partial charge in [-0.25, -0.2) is 9.97 Å². The van der Waals surface area contributed by atoms with Crippen LogP contribution in [0.3, 0.4) is 0 Å². The number of benzene rings is 1. The molecule has 1 atom stereocenters. The molecule has 1 heterocycles. The molecule has 1 aromatic carbocycles. The lowest BCUT2D eigenvalue weighted by Crippen LogP contribution is -2.15. The molecule has 0 saturated carbocycles. The molecule has 0 fully saturated rings. The number of aryl methyl sites for hydroxylation is 4. The maximum absolute atomic E-state index is 5.78. The Morgan fingerprint density at radius 2 is 1.48 bits per heavy atom. The van der Waals surface area contributed by atoms with Gasteiger partial charge in [-0.15, -0.1) is 0 Å². The molecule has 0 saturated heterocycles. The number of hydrogen-bond donors (Lipinski definition) is 1. The van der Waals surface area contributed by atoms with Gasteiger partial charge in [-0.2, -0.15) is 0 Å².